The van der Waals surface area contributed by atoms with Crippen LogP contribution >= 0.6 is 11.8 Å². The Morgan fingerprint density at radius 2 is 2.00 bits per heavy atom. The van der Waals surface area contributed by atoms with E-state index in [0.29, 0.717) is 5.25 Å². The predicted molar refractivity (Wildman–Crippen MR) is 56.1 cm³/mol. The lowest BCUT2D eigenvalue weighted by atomic mass is 10.4. The van der Waals surface area contributed by atoms with E-state index >= 15 is 0 Å². The highest BCUT2D eigenvalue weighted by atomic mass is 32.2. The van der Waals surface area contributed by atoms with Gasteiger partial charge in [0.1, 0.15) is 5.84 Å². The van der Waals surface area contributed by atoms with Crippen molar-refractivity contribution in [1.82, 2.24) is 4.90 Å². The third-order valence-electron chi connectivity index (χ3n) is 2.04. The molecule has 12 heavy (non-hydrogen) atoms. The summed E-state index contributed by atoms with van der Waals surface area (Å²) in [6, 6.07) is 0. The second kappa shape index (κ2) is 4.75. The lowest BCUT2D eigenvalue weighted by molar-refractivity contribution is 0.514. The molecule has 0 radical (unpaired) electrons. The molecule has 1 fully saturated rings. The first-order valence-corrected chi connectivity index (χ1v) is 5.69. The molecule has 0 amide bonds. The van der Waals surface area contributed by atoms with Crippen LogP contribution in [0.2, 0.25) is 0 Å². The van der Waals surface area contributed by atoms with Crippen molar-refractivity contribution in [2.75, 3.05) is 18.8 Å². The van der Waals surface area contributed by atoms with Gasteiger partial charge in [-0.3, -0.25) is 5.41 Å². The van der Waals surface area contributed by atoms with Gasteiger partial charge in [0, 0.05) is 13.1 Å². The van der Waals surface area contributed by atoms with Crippen LogP contribution in [-0.2, 0) is 0 Å². The summed E-state index contributed by atoms with van der Waals surface area (Å²) in [4.78, 5) is 2.20. The molecule has 0 unspecified atom stereocenters. The second-order valence-corrected chi connectivity index (χ2v) is 5.07. The summed E-state index contributed by atoms with van der Waals surface area (Å²) in [5.41, 5.74) is 0. The number of likely N-dealkylation sites (tertiary alicyclic amines) is 1. The van der Waals surface area contributed by atoms with Crippen molar-refractivity contribution < 1.29 is 0 Å². The minimum atomic E-state index is 0.646. The van der Waals surface area contributed by atoms with Gasteiger partial charge in [0.15, 0.2) is 0 Å². The summed E-state index contributed by atoms with van der Waals surface area (Å²) >= 11 is 1.86. The molecule has 70 valence electrons. The van der Waals surface area contributed by atoms with Crippen molar-refractivity contribution in [3.05, 3.63) is 0 Å². The van der Waals surface area contributed by atoms with Crippen LogP contribution in [0.1, 0.15) is 26.7 Å². The van der Waals surface area contributed by atoms with Gasteiger partial charge in [-0.05, 0) is 18.1 Å². The van der Waals surface area contributed by atoms with E-state index in [0.717, 1.165) is 24.7 Å². The fourth-order valence-electron chi connectivity index (χ4n) is 1.32. The van der Waals surface area contributed by atoms with E-state index < -0.39 is 0 Å². The summed E-state index contributed by atoms with van der Waals surface area (Å²) in [6.45, 7) is 6.58. The summed E-state index contributed by atoms with van der Waals surface area (Å²) in [5.74, 6) is 1.71. The van der Waals surface area contributed by atoms with E-state index in [1.807, 2.05) is 11.8 Å². The quantitative estimate of drug-likeness (QED) is 0.540. The minimum absolute atomic E-state index is 0.646. The van der Waals surface area contributed by atoms with E-state index in [9.17, 15) is 0 Å². The molecule has 0 aromatic heterocycles. The van der Waals surface area contributed by atoms with E-state index in [4.69, 9.17) is 5.41 Å². The highest BCUT2D eigenvalue weighted by molar-refractivity contribution is 8.00. The van der Waals surface area contributed by atoms with Crippen LogP contribution in [0.5, 0.6) is 0 Å². The maximum Gasteiger partial charge on any atom is 0.106 e. The minimum Gasteiger partial charge on any atom is -0.360 e. The molecule has 1 N–H and O–H groups in total. The molecule has 2 nitrogen and oxygen atoms in total. The number of amidine groups is 1. The largest absolute Gasteiger partial charge is 0.360 e. The van der Waals surface area contributed by atoms with Crippen molar-refractivity contribution in [2.24, 2.45) is 0 Å². The third kappa shape index (κ3) is 3.05. The molecular formula is C9H18N2S. The molecule has 0 spiro atoms. The zero-order valence-electron chi connectivity index (χ0n) is 7.97. The first-order chi connectivity index (χ1) is 5.70. The highest BCUT2D eigenvalue weighted by Crippen LogP contribution is 2.13. The number of rotatable bonds is 3. The van der Waals surface area contributed by atoms with Gasteiger partial charge >= 0.3 is 0 Å². The SMILES string of the molecule is CC(C)SCC(=N)N1CCCC1. The standard InChI is InChI=1S/C9H18N2S/c1-8(2)12-7-9(10)11-5-3-4-6-11/h8,10H,3-7H2,1-2H3. The first kappa shape index (κ1) is 9.90. The maximum absolute atomic E-state index is 7.78. The van der Waals surface area contributed by atoms with E-state index in [-0.39, 0.29) is 0 Å². The molecule has 1 heterocycles. The molecule has 1 aliphatic heterocycles. The number of hydrogen-bond donors (Lipinski definition) is 1. The fraction of sp³-hybridized carbons (Fsp3) is 0.889. The smallest absolute Gasteiger partial charge is 0.106 e. The van der Waals surface area contributed by atoms with Gasteiger partial charge in [-0.2, -0.15) is 11.8 Å². The molecule has 1 rings (SSSR count). The van der Waals surface area contributed by atoms with Crippen molar-refractivity contribution >= 4 is 17.6 Å². The Morgan fingerprint density at radius 1 is 1.42 bits per heavy atom. The first-order valence-electron chi connectivity index (χ1n) is 4.64. The second-order valence-electron chi connectivity index (χ2n) is 3.50. The van der Waals surface area contributed by atoms with Gasteiger partial charge in [0.2, 0.25) is 0 Å². The monoisotopic (exact) mass is 186 g/mol. The Balaban J connectivity index is 2.18. The summed E-state index contributed by atoms with van der Waals surface area (Å²) in [5, 5.41) is 8.43. The van der Waals surface area contributed by atoms with Gasteiger partial charge in [-0.15, -0.1) is 0 Å². The van der Waals surface area contributed by atoms with E-state index in [2.05, 4.69) is 18.7 Å². The molecule has 1 saturated heterocycles. The summed E-state index contributed by atoms with van der Waals surface area (Å²) < 4.78 is 0. The van der Waals surface area contributed by atoms with Crippen LogP contribution in [0.15, 0.2) is 0 Å². The molecular weight excluding hydrogens is 168 g/mol. The van der Waals surface area contributed by atoms with E-state index in [1.165, 1.54) is 12.8 Å². The van der Waals surface area contributed by atoms with Crippen molar-refractivity contribution in [1.29, 1.82) is 5.41 Å². The van der Waals surface area contributed by atoms with Gasteiger partial charge in [0.25, 0.3) is 0 Å². The Labute approximate surface area is 79.2 Å². The fourth-order valence-corrected chi connectivity index (χ4v) is 2.00. The van der Waals surface area contributed by atoms with Crippen molar-refractivity contribution in [2.45, 2.75) is 31.9 Å². The molecule has 1 aliphatic rings. The molecule has 0 bridgehead atoms. The van der Waals surface area contributed by atoms with Gasteiger partial charge in [-0.1, -0.05) is 13.8 Å². The maximum atomic E-state index is 7.78. The van der Waals surface area contributed by atoms with Gasteiger partial charge in [0.05, 0.1) is 5.75 Å². The molecule has 3 heteroatoms. The topological polar surface area (TPSA) is 27.1 Å². The average Bonchev–Trinajstić information content (AvgIpc) is 2.51. The molecule has 0 saturated carbocycles. The number of thioether (sulfide) groups is 1. The van der Waals surface area contributed by atoms with Gasteiger partial charge in [-0.25, -0.2) is 0 Å². The van der Waals surface area contributed by atoms with Crippen LogP contribution in [0, 0.1) is 5.41 Å². The lowest BCUT2D eigenvalue weighted by Crippen LogP contribution is -2.28. The Kier molecular flexibility index (Phi) is 3.92. The van der Waals surface area contributed by atoms with Crippen molar-refractivity contribution in [3.8, 4) is 0 Å². The molecule has 0 aromatic carbocycles. The zero-order chi connectivity index (χ0) is 8.97. The third-order valence-corrected chi connectivity index (χ3v) is 3.15. The Bertz CT molecular complexity index is 151. The number of nitrogens with zero attached hydrogens (tertiary/aromatic N) is 1. The lowest BCUT2D eigenvalue weighted by Gasteiger charge is -2.18. The van der Waals surface area contributed by atoms with Crippen LogP contribution in [0.25, 0.3) is 0 Å². The van der Waals surface area contributed by atoms with Crippen LogP contribution < -0.4 is 0 Å². The van der Waals surface area contributed by atoms with E-state index in [1.54, 1.807) is 0 Å². The average molecular weight is 186 g/mol. The summed E-state index contributed by atoms with van der Waals surface area (Å²) in [6.07, 6.45) is 2.55. The Hall–Kier alpha value is -0.180. The molecule has 0 atom stereocenters. The number of hydrogen-bond acceptors (Lipinski definition) is 2. The van der Waals surface area contributed by atoms with Crippen LogP contribution in [-0.4, -0.2) is 34.8 Å². The zero-order valence-corrected chi connectivity index (χ0v) is 8.78. The van der Waals surface area contributed by atoms with Crippen LogP contribution in [0.3, 0.4) is 0 Å². The number of nitrogens with one attached hydrogen (secondary N) is 1. The Morgan fingerprint density at radius 3 is 2.50 bits per heavy atom. The van der Waals surface area contributed by atoms with Crippen LogP contribution in [0.4, 0.5) is 0 Å². The normalized spacial score (nSPS) is 17.4. The predicted octanol–water partition coefficient (Wildman–Crippen LogP) is 2.20. The highest BCUT2D eigenvalue weighted by Gasteiger charge is 2.14. The van der Waals surface area contributed by atoms with Crippen molar-refractivity contribution in [3.63, 3.8) is 0 Å². The summed E-state index contributed by atoms with van der Waals surface area (Å²) in [7, 11) is 0. The molecule has 0 aromatic rings. The molecule has 0 aliphatic carbocycles. The van der Waals surface area contributed by atoms with Gasteiger partial charge < -0.3 is 4.90 Å².